The summed E-state index contributed by atoms with van der Waals surface area (Å²) in [5.41, 5.74) is 0. The molecule has 1 saturated heterocycles. The fourth-order valence-electron chi connectivity index (χ4n) is 3.53. The molecule has 0 aromatic rings. The van der Waals surface area contributed by atoms with Crippen molar-refractivity contribution in [3.8, 4) is 0 Å². The van der Waals surface area contributed by atoms with Crippen molar-refractivity contribution in [2.24, 2.45) is 5.92 Å². The monoisotopic (exact) mass is 238 g/mol. The second-order valence-electron chi connectivity index (χ2n) is 6.22. The fraction of sp³-hybridized carbons (Fsp3) is 1.00. The van der Waals surface area contributed by atoms with Gasteiger partial charge in [0, 0.05) is 24.7 Å². The van der Waals surface area contributed by atoms with E-state index >= 15 is 0 Å². The molecule has 2 rings (SSSR count). The fourth-order valence-corrected chi connectivity index (χ4v) is 3.53. The van der Waals surface area contributed by atoms with Crippen LogP contribution < -0.4 is 5.32 Å². The van der Waals surface area contributed by atoms with Gasteiger partial charge in [0.2, 0.25) is 0 Å². The third kappa shape index (κ3) is 3.23. The summed E-state index contributed by atoms with van der Waals surface area (Å²) in [5, 5.41) is 3.77. The molecule has 2 aliphatic rings. The highest BCUT2D eigenvalue weighted by molar-refractivity contribution is 4.89. The Bertz CT molecular complexity index is 223. The van der Waals surface area contributed by atoms with Gasteiger partial charge >= 0.3 is 0 Å². The Hall–Kier alpha value is -0.0800. The van der Waals surface area contributed by atoms with Crippen molar-refractivity contribution >= 4 is 0 Å². The van der Waals surface area contributed by atoms with Gasteiger partial charge in [-0.1, -0.05) is 33.1 Å². The lowest BCUT2D eigenvalue weighted by Crippen LogP contribution is -2.47. The average Bonchev–Trinajstić information content (AvgIpc) is 2.79. The van der Waals surface area contributed by atoms with Crippen LogP contribution in [0, 0.1) is 5.92 Å². The zero-order valence-electron chi connectivity index (χ0n) is 11.9. The Kier molecular flexibility index (Phi) is 4.87. The zero-order chi connectivity index (χ0) is 12.3. The van der Waals surface area contributed by atoms with Crippen molar-refractivity contribution in [3.05, 3.63) is 0 Å². The minimum Gasteiger partial charge on any atom is -0.312 e. The van der Waals surface area contributed by atoms with Crippen LogP contribution in [-0.2, 0) is 0 Å². The molecule has 1 N–H and O–H groups in total. The smallest absolute Gasteiger partial charge is 0.0220 e. The van der Waals surface area contributed by atoms with Crippen LogP contribution in [0.3, 0.4) is 0 Å². The SMILES string of the molecule is CCC(C)C1CN(C2CCCC2)C(C)CCN1. The summed E-state index contributed by atoms with van der Waals surface area (Å²) in [4.78, 5) is 2.82. The summed E-state index contributed by atoms with van der Waals surface area (Å²) >= 11 is 0. The van der Waals surface area contributed by atoms with Crippen molar-refractivity contribution in [3.63, 3.8) is 0 Å². The maximum atomic E-state index is 3.77. The molecule has 0 bridgehead atoms. The largest absolute Gasteiger partial charge is 0.312 e. The average molecular weight is 238 g/mol. The minimum atomic E-state index is 0.713. The molecule has 17 heavy (non-hydrogen) atoms. The van der Waals surface area contributed by atoms with Gasteiger partial charge < -0.3 is 5.32 Å². The Morgan fingerprint density at radius 1 is 1.24 bits per heavy atom. The molecule has 2 heteroatoms. The van der Waals surface area contributed by atoms with Gasteiger partial charge in [0.25, 0.3) is 0 Å². The third-order valence-corrected chi connectivity index (χ3v) is 5.07. The van der Waals surface area contributed by atoms with Crippen LogP contribution in [0.2, 0.25) is 0 Å². The molecule has 0 aromatic heterocycles. The van der Waals surface area contributed by atoms with Gasteiger partial charge in [-0.3, -0.25) is 4.90 Å². The van der Waals surface area contributed by atoms with Crippen LogP contribution in [0.1, 0.15) is 59.3 Å². The summed E-state index contributed by atoms with van der Waals surface area (Å²) < 4.78 is 0. The Morgan fingerprint density at radius 2 is 1.94 bits per heavy atom. The van der Waals surface area contributed by atoms with E-state index < -0.39 is 0 Å². The van der Waals surface area contributed by atoms with Gasteiger partial charge in [-0.05, 0) is 38.6 Å². The zero-order valence-corrected chi connectivity index (χ0v) is 11.9. The van der Waals surface area contributed by atoms with Crippen LogP contribution in [0.5, 0.6) is 0 Å². The van der Waals surface area contributed by atoms with Crippen LogP contribution in [0.15, 0.2) is 0 Å². The van der Waals surface area contributed by atoms with E-state index in [2.05, 4.69) is 31.0 Å². The second kappa shape index (κ2) is 6.19. The molecular weight excluding hydrogens is 208 g/mol. The maximum Gasteiger partial charge on any atom is 0.0220 e. The van der Waals surface area contributed by atoms with Gasteiger partial charge in [0.05, 0.1) is 0 Å². The van der Waals surface area contributed by atoms with Crippen molar-refractivity contribution in [1.29, 1.82) is 0 Å². The summed E-state index contributed by atoms with van der Waals surface area (Å²) in [6.45, 7) is 9.64. The number of rotatable bonds is 3. The van der Waals surface area contributed by atoms with Crippen molar-refractivity contribution in [2.75, 3.05) is 13.1 Å². The second-order valence-corrected chi connectivity index (χ2v) is 6.22. The van der Waals surface area contributed by atoms with Crippen LogP contribution in [0.4, 0.5) is 0 Å². The molecule has 0 aromatic carbocycles. The molecule has 3 atom stereocenters. The normalized spacial score (nSPS) is 34.8. The van der Waals surface area contributed by atoms with Crippen molar-refractivity contribution < 1.29 is 0 Å². The van der Waals surface area contributed by atoms with E-state index in [4.69, 9.17) is 0 Å². The van der Waals surface area contributed by atoms with Gasteiger partial charge in [-0.25, -0.2) is 0 Å². The lowest BCUT2D eigenvalue weighted by Gasteiger charge is -2.35. The van der Waals surface area contributed by atoms with E-state index in [0.29, 0.717) is 6.04 Å². The Morgan fingerprint density at radius 3 is 2.59 bits per heavy atom. The van der Waals surface area contributed by atoms with E-state index in [1.54, 1.807) is 0 Å². The third-order valence-electron chi connectivity index (χ3n) is 5.07. The van der Waals surface area contributed by atoms with E-state index in [0.717, 1.165) is 18.0 Å². The first-order chi connectivity index (χ1) is 8.22. The topological polar surface area (TPSA) is 15.3 Å². The highest BCUT2D eigenvalue weighted by Crippen LogP contribution is 2.28. The van der Waals surface area contributed by atoms with Gasteiger partial charge in [0.1, 0.15) is 0 Å². The lowest BCUT2D eigenvalue weighted by molar-refractivity contribution is 0.132. The highest BCUT2D eigenvalue weighted by atomic mass is 15.2. The number of nitrogens with zero attached hydrogens (tertiary/aromatic N) is 1. The quantitative estimate of drug-likeness (QED) is 0.813. The molecule has 1 saturated carbocycles. The Labute approximate surface area is 107 Å². The molecule has 1 aliphatic heterocycles. The van der Waals surface area contributed by atoms with Gasteiger partial charge in [0.15, 0.2) is 0 Å². The standard InChI is InChI=1S/C15H30N2/c1-4-12(2)15-11-17(13(3)9-10-16-15)14-7-5-6-8-14/h12-16H,4-11H2,1-3H3. The number of nitrogens with one attached hydrogen (secondary N) is 1. The minimum absolute atomic E-state index is 0.713. The predicted molar refractivity (Wildman–Crippen MR) is 74.3 cm³/mol. The van der Waals surface area contributed by atoms with E-state index in [9.17, 15) is 0 Å². The number of hydrogen-bond acceptors (Lipinski definition) is 2. The van der Waals surface area contributed by atoms with Gasteiger partial charge in [-0.15, -0.1) is 0 Å². The molecule has 2 nitrogen and oxygen atoms in total. The molecule has 3 unspecified atom stereocenters. The van der Waals surface area contributed by atoms with E-state index in [1.807, 2.05) is 0 Å². The first kappa shape index (κ1) is 13.4. The van der Waals surface area contributed by atoms with E-state index in [1.165, 1.54) is 51.6 Å². The summed E-state index contributed by atoms with van der Waals surface area (Å²) in [6, 6.07) is 2.38. The first-order valence-electron chi connectivity index (χ1n) is 7.71. The van der Waals surface area contributed by atoms with Crippen molar-refractivity contribution in [2.45, 2.75) is 77.4 Å². The highest BCUT2D eigenvalue weighted by Gasteiger charge is 2.31. The first-order valence-corrected chi connectivity index (χ1v) is 7.71. The molecule has 0 amide bonds. The summed E-state index contributed by atoms with van der Waals surface area (Å²) in [7, 11) is 0. The molecule has 0 spiro atoms. The molecule has 0 radical (unpaired) electrons. The lowest BCUT2D eigenvalue weighted by atomic mass is 9.98. The van der Waals surface area contributed by atoms with Gasteiger partial charge in [-0.2, -0.15) is 0 Å². The maximum absolute atomic E-state index is 3.77. The molecule has 1 aliphatic carbocycles. The van der Waals surface area contributed by atoms with Crippen LogP contribution >= 0.6 is 0 Å². The van der Waals surface area contributed by atoms with Crippen LogP contribution in [0.25, 0.3) is 0 Å². The summed E-state index contributed by atoms with van der Waals surface area (Å²) in [6.07, 6.45) is 8.41. The number of hydrogen-bond donors (Lipinski definition) is 1. The molecule has 2 fully saturated rings. The van der Waals surface area contributed by atoms with Crippen LogP contribution in [-0.4, -0.2) is 36.1 Å². The Balaban J connectivity index is 2.00. The van der Waals surface area contributed by atoms with Crippen molar-refractivity contribution in [1.82, 2.24) is 10.2 Å². The molecule has 1 heterocycles. The predicted octanol–water partition coefficient (Wildman–Crippen LogP) is 3.03. The van der Waals surface area contributed by atoms with E-state index in [-0.39, 0.29) is 0 Å². The summed E-state index contributed by atoms with van der Waals surface area (Å²) in [5.74, 6) is 0.809. The molecule has 100 valence electrons. The molecular formula is C15H30N2.